The monoisotopic (exact) mass is 598 g/mol. The number of anilines is 1. The normalized spacial score (nSPS) is 17.1. The number of oxime groups is 1. The number of allylic oxidation sites excluding steroid dienone is 2. The number of nitrogens with zero attached hydrogens (tertiary/aromatic N) is 1. The third-order valence-electron chi connectivity index (χ3n) is 4.28. The second-order valence-electron chi connectivity index (χ2n) is 6.66. The van der Waals surface area contributed by atoms with Crippen molar-refractivity contribution in [3.8, 4) is 0 Å². The van der Waals surface area contributed by atoms with Crippen LogP contribution in [0.4, 0.5) is 18.9 Å². The third kappa shape index (κ3) is 7.15. The van der Waals surface area contributed by atoms with E-state index < -0.39 is 59.8 Å². The van der Waals surface area contributed by atoms with E-state index in [0.29, 0.717) is 3.57 Å². The molecule has 0 saturated heterocycles. The first-order valence-corrected chi connectivity index (χ1v) is 10.9. The molecule has 34 heavy (non-hydrogen) atoms. The van der Waals surface area contributed by atoms with Crippen molar-refractivity contribution in [1.29, 1.82) is 0 Å². The number of carbonyl (C=O) groups is 2. The first kappa shape index (κ1) is 27.6. The molecule has 5 N–H and O–H groups in total. The van der Waals surface area contributed by atoms with E-state index in [1.165, 1.54) is 19.1 Å². The second-order valence-corrected chi connectivity index (χ2v) is 7.91. The fourth-order valence-electron chi connectivity index (χ4n) is 2.74. The summed E-state index contributed by atoms with van der Waals surface area (Å²) in [6, 6.07) is 3.96. The fourth-order valence-corrected chi connectivity index (χ4v) is 3.19. The number of aliphatic hydroxyl groups excluding tert-OH is 2. The van der Waals surface area contributed by atoms with Gasteiger partial charge < -0.3 is 25.7 Å². The first-order valence-electron chi connectivity index (χ1n) is 9.79. The van der Waals surface area contributed by atoms with Crippen LogP contribution in [0.2, 0.25) is 0 Å². The summed E-state index contributed by atoms with van der Waals surface area (Å²) in [6.07, 6.45) is -2.50. The Kier molecular flexibility index (Phi) is 10.7. The van der Waals surface area contributed by atoms with Gasteiger partial charge in [0, 0.05) is 10.1 Å². The van der Waals surface area contributed by atoms with Crippen molar-refractivity contribution in [3.63, 3.8) is 0 Å². The smallest absolute Gasteiger partial charge is 0.277 e. The van der Waals surface area contributed by atoms with Crippen LogP contribution in [0.5, 0.6) is 0 Å². The molecular weight excluding hydrogens is 576 g/mol. The zero-order valence-electron chi connectivity index (χ0n) is 17.8. The number of amides is 2. The molecule has 2 amide bonds. The Morgan fingerprint density at radius 3 is 2.62 bits per heavy atom. The average molecular weight is 598 g/mol. The van der Waals surface area contributed by atoms with Gasteiger partial charge in [-0.05, 0) is 53.3 Å². The number of carbonyl (C=O) groups excluding carboxylic acids is 2. The zero-order chi connectivity index (χ0) is 25.3. The van der Waals surface area contributed by atoms with Crippen LogP contribution in [-0.4, -0.2) is 66.9 Å². The molecule has 0 bridgehead atoms. The highest BCUT2D eigenvalue weighted by molar-refractivity contribution is 14.1. The Labute approximate surface area is 206 Å². The van der Waals surface area contributed by atoms with Crippen LogP contribution in [0, 0.1) is 9.39 Å². The molecule has 0 radical (unpaired) electrons. The fraction of sp³-hybridized carbons (Fsp3) is 0.350. The molecule has 0 spiro atoms. The second kappa shape index (κ2) is 13.3. The molecule has 0 heterocycles. The largest absolute Gasteiger partial charge is 0.395 e. The van der Waals surface area contributed by atoms with Crippen LogP contribution < -0.4 is 16.1 Å². The van der Waals surface area contributed by atoms with Gasteiger partial charge in [0.25, 0.3) is 11.8 Å². The highest BCUT2D eigenvalue weighted by Crippen LogP contribution is 2.34. The van der Waals surface area contributed by atoms with Crippen LogP contribution in [-0.2, 0) is 19.3 Å². The van der Waals surface area contributed by atoms with Gasteiger partial charge in [-0.3, -0.25) is 14.4 Å². The number of rotatable bonds is 11. The molecule has 1 atom stereocenters. The maximum Gasteiger partial charge on any atom is 0.277 e. The number of alkyl halides is 1. The van der Waals surface area contributed by atoms with Crippen molar-refractivity contribution in [1.82, 2.24) is 10.8 Å². The van der Waals surface area contributed by atoms with Gasteiger partial charge in [0.2, 0.25) is 0 Å². The van der Waals surface area contributed by atoms with Crippen LogP contribution in [0.1, 0.15) is 6.92 Å². The van der Waals surface area contributed by atoms with E-state index in [1.54, 1.807) is 0 Å². The van der Waals surface area contributed by atoms with Gasteiger partial charge in [-0.2, -0.15) is 0 Å². The number of halogens is 4. The van der Waals surface area contributed by atoms with Crippen molar-refractivity contribution < 1.29 is 42.6 Å². The molecule has 0 aromatic heterocycles. The van der Waals surface area contributed by atoms with E-state index in [2.05, 4.69) is 15.8 Å². The topological polar surface area (TPSA) is 142 Å². The molecule has 1 unspecified atom stereocenters. The predicted molar refractivity (Wildman–Crippen MR) is 123 cm³/mol. The Balaban J connectivity index is 2.41. The molecule has 10 nitrogen and oxygen atoms in total. The van der Waals surface area contributed by atoms with Crippen LogP contribution >= 0.6 is 22.6 Å². The lowest BCUT2D eigenvalue weighted by Gasteiger charge is -2.25. The van der Waals surface area contributed by atoms with E-state index in [4.69, 9.17) is 19.9 Å². The van der Waals surface area contributed by atoms with Crippen molar-refractivity contribution in [2.45, 2.75) is 13.1 Å². The minimum absolute atomic E-state index is 0.0386. The van der Waals surface area contributed by atoms with Gasteiger partial charge in [0.05, 0.1) is 36.8 Å². The molecule has 1 aliphatic carbocycles. The molecule has 1 aromatic carbocycles. The van der Waals surface area contributed by atoms with Gasteiger partial charge in [-0.1, -0.05) is 5.16 Å². The number of hydrogen-bond acceptors (Lipinski definition) is 8. The number of benzene rings is 1. The molecule has 0 saturated carbocycles. The minimum Gasteiger partial charge on any atom is -0.395 e. The Morgan fingerprint density at radius 1 is 1.24 bits per heavy atom. The highest BCUT2D eigenvalue weighted by Gasteiger charge is 2.37. The molecule has 186 valence electrons. The van der Waals surface area contributed by atoms with Gasteiger partial charge >= 0.3 is 0 Å². The summed E-state index contributed by atoms with van der Waals surface area (Å²) in [5.74, 6) is -3.96. The van der Waals surface area contributed by atoms with Crippen molar-refractivity contribution in [3.05, 3.63) is 50.3 Å². The summed E-state index contributed by atoms with van der Waals surface area (Å²) in [5.41, 5.74) is -0.170. The zero-order valence-corrected chi connectivity index (χ0v) is 20.0. The molecule has 0 aliphatic heterocycles. The van der Waals surface area contributed by atoms with Crippen LogP contribution in [0.3, 0.4) is 0 Å². The molecule has 1 aromatic rings. The van der Waals surface area contributed by atoms with Crippen LogP contribution in [0.15, 0.2) is 46.0 Å². The Hall–Kier alpha value is -2.69. The average Bonchev–Trinajstić information content (AvgIpc) is 2.79. The summed E-state index contributed by atoms with van der Waals surface area (Å²) in [6.45, 7) is -0.457. The van der Waals surface area contributed by atoms with Crippen molar-refractivity contribution >= 4 is 45.8 Å². The predicted octanol–water partition coefficient (Wildman–Crippen LogP) is 1.21. The Bertz CT molecular complexity index is 1020. The summed E-state index contributed by atoms with van der Waals surface area (Å²) in [4.78, 5) is 33.8. The van der Waals surface area contributed by atoms with E-state index in [-0.39, 0.29) is 31.0 Å². The van der Waals surface area contributed by atoms with Gasteiger partial charge in [0.15, 0.2) is 18.6 Å². The van der Waals surface area contributed by atoms with Crippen molar-refractivity contribution in [2.75, 3.05) is 38.3 Å². The number of aliphatic hydroxyl groups is 2. The lowest BCUT2D eigenvalue weighted by atomic mass is 9.91. The maximum atomic E-state index is 15.1. The van der Waals surface area contributed by atoms with Gasteiger partial charge in [0.1, 0.15) is 11.5 Å². The quantitative estimate of drug-likeness (QED) is 0.147. The third-order valence-corrected chi connectivity index (χ3v) is 4.95. The summed E-state index contributed by atoms with van der Waals surface area (Å²) in [7, 11) is 0. The Morgan fingerprint density at radius 2 is 1.97 bits per heavy atom. The summed E-state index contributed by atoms with van der Waals surface area (Å²) >= 11 is 1.87. The number of nitrogens with one attached hydrogen (secondary N) is 3. The first-order chi connectivity index (χ1) is 16.2. The molecule has 1 aliphatic rings. The van der Waals surface area contributed by atoms with E-state index >= 15 is 4.39 Å². The molecule has 0 fully saturated rings. The molecule has 2 rings (SSSR count). The SMILES string of the molecule is CC1=C(C(=O)NOCCO)C(Nc2ccc(I)cc2F)=C(F)C(F)C1=NOCC(=O)NCCO. The lowest BCUT2D eigenvalue weighted by molar-refractivity contribution is -0.130. The molecular formula is C20H22F3IN4O6. The van der Waals surface area contributed by atoms with Gasteiger partial charge in [-0.15, -0.1) is 0 Å². The molecule has 14 heteroatoms. The summed E-state index contributed by atoms with van der Waals surface area (Å²) < 4.78 is 44.9. The van der Waals surface area contributed by atoms with Gasteiger partial charge in [-0.25, -0.2) is 18.7 Å². The van der Waals surface area contributed by atoms with Crippen molar-refractivity contribution in [2.24, 2.45) is 5.16 Å². The van der Waals surface area contributed by atoms with E-state index in [1.807, 2.05) is 28.1 Å². The number of hydrogen-bond donors (Lipinski definition) is 5. The van der Waals surface area contributed by atoms with E-state index in [9.17, 15) is 18.4 Å². The van der Waals surface area contributed by atoms with E-state index in [0.717, 1.165) is 6.07 Å². The maximum absolute atomic E-state index is 15.1. The number of hydroxylamine groups is 1. The standard InChI is InChI=1S/C20H22F3IN4O6/c1-10-15(20(32)28-33-7-6-30)19(26-13-3-2-11(24)8-12(13)21)17(23)16(22)18(10)27-34-9-14(31)25-4-5-29/h2-3,8,16,26,29-30H,4-7,9H2,1H3,(H,25,31)(H,28,32). The highest BCUT2D eigenvalue weighted by atomic mass is 127. The minimum atomic E-state index is -2.50. The van der Waals surface area contributed by atoms with Crippen LogP contribution in [0.25, 0.3) is 0 Å². The summed E-state index contributed by atoms with van der Waals surface area (Å²) in [5, 5.41) is 25.7. The lowest BCUT2D eigenvalue weighted by Crippen LogP contribution is -2.36.